The second-order valence-corrected chi connectivity index (χ2v) is 8.60. The molecule has 2 aliphatic rings. The Bertz CT molecular complexity index is 1040. The molecule has 1 saturated carbocycles. The highest BCUT2D eigenvalue weighted by Gasteiger charge is 2.63. The van der Waals surface area contributed by atoms with Crippen LogP contribution in [0.4, 0.5) is 33.3 Å². The third-order valence-electron chi connectivity index (χ3n) is 6.48. The van der Waals surface area contributed by atoms with E-state index in [1.807, 2.05) is 17.9 Å². The monoisotopic (exact) mass is 438 g/mol. The zero-order valence-electron chi connectivity index (χ0n) is 17.3. The fourth-order valence-corrected chi connectivity index (χ4v) is 4.43. The number of halogens is 5. The molecular weight excluding hydrogens is 415 g/mol. The van der Waals surface area contributed by atoms with Gasteiger partial charge in [0.25, 0.3) is 0 Å². The van der Waals surface area contributed by atoms with Gasteiger partial charge in [-0.25, -0.2) is 8.78 Å². The minimum atomic E-state index is -4.37. The molecule has 31 heavy (non-hydrogen) atoms. The molecule has 1 aliphatic heterocycles. The zero-order chi connectivity index (χ0) is 22.6. The lowest BCUT2D eigenvalue weighted by Crippen LogP contribution is -2.32. The predicted octanol–water partition coefficient (Wildman–Crippen LogP) is 5.82. The van der Waals surface area contributed by atoms with E-state index in [4.69, 9.17) is 0 Å². The number of carbonyl (C=O) groups is 1. The van der Waals surface area contributed by atoms with Crippen LogP contribution in [0, 0.1) is 30.9 Å². The molecular formula is C23H23F5N2O. The van der Waals surface area contributed by atoms with Gasteiger partial charge in [-0.05, 0) is 67.5 Å². The van der Waals surface area contributed by atoms with E-state index in [0.717, 1.165) is 28.3 Å². The van der Waals surface area contributed by atoms with Crippen molar-refractivity contribution in [1.29, 1.82) is 0 Å². The lowest BCUT2D eigenvalue weighted by Gasteiger charge is -2.33. The normalized spacial score (nSPS) is 17.3. The van der Waals surface area contributed by atoms with E-state index in [1.165, 1.54) is 12.1 Å². The van der Waals surface area contributed by atoms with E-state index in [1.54, 1.807) is 6.92 Å². The molecule has 0 unspecified atom stereocenters. The molecule has 0 bridgehead atoms. The van der Waals surface area contributed by atoms with Crippen molar-refractivity contribution in [2.75, 3.05) is 16.8 Å². The van der Waals surface area contributed by atoms with Crippen LogP contribution in [0.1, 0.15) is 41.5 Å². The first-order valence-corrected chi connectivity index (χ1v) is 10.2. The largest absolute Gasteiger partial charge is 0.395 e. The Morgan fingerprint density at radius 2 is 1.84 bits per heavy atom. The average molecular weight is 438 g/mol. The molecule has 3 nitrogen and oxygen atoms in total. The van der Waals surface area contributed by atoms with Crippen LogP contribution in [0.2, 0.25) is 0 Å². The van der Waals surface area contributed by atoms with Crippen LogP contribution in [-0.4, -0.2) is 18.6 Å². The Morgan fingerprint density at radius 1 is 1.13 bits per heavy atom. The van der Waals surface area contributed by atoms with Crippen LogP contribution in [-0.2, 0) is 17.8 Å². The third-order valence-corrected chi connectivity index (χ3v) is 6.48. The summed E-state index contributed by atoms with van der Waals surface area (Å²) in [5.41, 5.74) is 2.88. The molecule has 1 heterocycles. The van der Waals surface area contributed by atoms with Crippen LogP contribution in [0.25, 0.3) is 0 Å². The molecule has 1 N–H and O–H groups in total. The van der Waals surface area contributed by atoms with Crippen LogP contribution < -0.4 is 10.2 Å². The Hall–Kier alpha value is -2.64. The Kier molecular flexibility index (Phi) is 5.22. The first kappa shape index (κ1) is 21.6. The maximum atomic E-state index is 13.6. The molecule has 2 aromatic rings. The summed E-state index contributed by atoms with van der Waals surface area (Å²) in [4.78, 5) is 14.3. The minimum absolute atomic E-state index is 0.00805. The van der Waals surface area contributed by atoms with Crippen LogP contribution >= 0.6 is 0 Å². The fraction of sp³-hybridized carbons (Fsp3) is 0.435. The number of rotatable bonds is 4. The third kappa shape index (κ3) is 4.00. The van der Waals surface area contributed by atoms with Gasteiger partial charge in [0.15, 0.2) is 11.6 Å². The lowest BCUT2D eigenvalue weighted by atomic mass is 9.91. The molecule has 166 valence electrons. The van der Waals surface area contributed by atoms with Gasteiger partial charge in [0.05, 0.1) is 5.41 Å². The number of hydrogen-bond acceptors (Lipinski definition) is 2. The van der Waals surface area contributed by atoms with Crippen molar-refractivity contribution in [3.63, 3.8) is 0 Å². The van der Waals surface area contributed by atoms with Gasteiger partial charge in [0.2, 0.25) is 5.91 Å². The molecule has 8 heteroatoms. The number of benzene rings is 2. The number of nitrogens with one attached hydrogen (secondary N) is 1. The van der Waals surface area contributed by atoms with Gasteiger partial charge in [-0.15, -0.1) is 0 Å². The Morgan fingerprint density at radius 3 is 2.45 bits per heavy atom. The summed E-state index contributed by atoms with van der Waals surface area (Å²) in [6.07, 6.45) is -4.32. The van der Waals surface area contributed by atoms with E-state index in [0.29, 0.717) is 30.9 Å². The minimum Gasteiger partial charge on any atom is -0.367 e. The number of amides is 1. The topological polar surface area (TPSA) is 32.3 Å². The van der Waals surface area contributed by atoms with Gasteiger partial charge in [0, 0.05) is 37.0 Å². The number of alkyl halides is 3. The molecule has 0 saturated heterocycles. The van der Waals surface area contributed by atoms with Gasteiger partial charge < -0.3 is 10.2 Å². The van der Waals surface area contributed by atoms with Crippen molar-refractivity contribution in [3.05, 3.63) is 58.2 Å². The maximum absolute atomic E-state index is 13.6. The highest BCUT2D eigenvalue weighted by atomic mass is 19.4. The smallest absolute Gasteiger partial charge is 0.367 e. The summed E-state index contributed by atoms with van der Waals surface area (Å²) < 4.78 is 66.4. The summed E-state index contributed by atoms with van der Waals surface area (Å²) in [5.74, 6) is -2.42. The van der Waals surface area contributed by atoms with E-state index < -0.39 is 35.6 Å². The fourth-order valence-electron chi connectivity index (χ4n) is 4.43. The van der Waals surface area contributed by atoms with Crippen LogP contribution in [0.5, 0.6) is 0 Å². The molecule has 1 amide bonds. The standard InChI is InChI=1S/C23H23F5N2O/c1-13-9-15-12-30(16-3-4-18(24)19(25)10-16)8-5-17(15)14(2)21(13)29-20(31)11-22(6-7-22)23(26,27)28/h3-4,9-10H,5-8,11-12H2,1-2H3,(H,29,31). The molecule has 0 spiro atoms. The number of nitrogens with zero attached hydrogens (tertiary/aromatic N) is 1. The summed E-state index contributed by atoms with van der Waals surface area (Å²) in [5, 5.41) is 2.71. The molecule has 0 aromatic heterocycles. The van der Waals surface area contributed by atoms with Crippen LogP contribution in [0.3, 0.4) is 0 Å². The van der Waals surface area contributed by atoms with E-state index in [-0.39, 0.29) is 12.8 Å². The molecule has 0 radical (unpaired) electrons. The second kappa shape index (κ2) is 7.50. The van der Waals surface area contributed by atoms with E-state index >= 15 is 0 Å². The number of fused-ring (bicyclic) bond motifs is 1. The van der Waals surface area contributed by atoms with Gasteiger partial charge >= 0.3 is 6.18 Å². The van der Waals surface area contributed by atoms with Crippen molar-refractivity contribution >= 4 is 17.3 Å². The van der Waals surface area contributed by atoms with E-state index in [2.05, 4.69) is 5.32 Å². The molecule has 2 aromatic carbocycles. The summed E-state index contributed by atoms with van der Waals surface area (Å²) >= 11 is 0. The van der Waals surface area contributed by atoms with Crippen molar-refractivity contribution in [2.45, 2.75) is 52.3 Å². The molecule has 1 fully saturated rings. The van der Waals surface area contributed by atoms with Crippen molar-refractivity contribution in [1.82, 2.24) is 0 Å². The van der Waals surface area contributed by atoms with Gasteiger partial charge in [0.1, 0.15) is 0 Å². The van der Waals surface area contributed by atoms with Crippen molar-refractivity contribution in [3.8, 4) is 0 Å². The van der Waals surface area contributed by atoms with Crippen LogP contribution in [0.15, 0.2) is 24.3 Å². The Labute approximate surface area is 177 Å². The highest BCUT2D eigenvalue weighted by molar-refractivity contribution is 5.93. The highest BCUT2D eigenvalue weighted by Crippen LogP contribution is 2.60. The summed E-state index contributed by atoms with van der Waals surface area (Å²) in [6.45, 7) is 4.72. The number of aryl methyl sites for hydroxylation is 1. The maximum Gasteiger partial charge on any atom is 0.395 e. The average Bonchev–Trinajstić information content (AvgIpc) is 3.47. The van der Waals surface area contributed by atoms with Gasteiger partial charge in [-0.1, -0.05) is 6.07 Å². The van der Waals surface area contributed by atoms with Gasteiger partial charge in [-0.3, -0.25) is 4.79 Å². The molecule has 0 atom stereocenters. The van der Waals surface area contributed by atoms with Crippen molar-refractivity contribution < 1.29 is 26.7 Å². The Balaban J connectivity index is 1.53. The summed E-state index contributed by atoms with van der Waals surface area (Å²) in [6, 6.07) is 5.71. The first-order valence-electron chi connectivity index (χ1n) is 10.2. The lowest BCUT2D eigenvalue weighted by molar-refractivity contribution is -0.189. The first-order chi connectivity index (χ1) is 14.5. The number of hydrogen-bond donors (Lipinski definition) is 1. The second-order valence-electron chi connectivity index (χ2n) is 8.60. The predicted molar refractivity (Wildman–Crippen MR) is 108 cm³/mol. The molecule has 1 aliphatic carbocycles. The summed E-state index contributed by atoms with van der Waals surface area (Å²) in [7, 11) is 0. The van der Waals surface area contributed by atoms with E-state index in [9.17, 15) is 26.7 Å². The van der Waals surface area contributed by atoms with Crippen molar-refractivity contribution in [2.24, 2.45) is 5.41 Å². The molecule has 4 rings (SSSR count). The zero-order valence-corrected chi connectivity index (χ0v) is 17.3. The number of anilines is 2. The quantitative estimate of drug-likeness (QED) is 0.611. The SMILES string of the molecule is Cc1cc2c(c(C)c1NC(=O)CC1(C(F)(F)F)CC1)CCN(c1ccc(F)c(F)c1)C2. The van der Waals surface area contributed by atoms with Gasteiger partial charge in [-0.2, -0.15) is 13.2 Å². The number of carbonyl (C=O) groups excluding carboxylic acids is 1.